The molecule has 3 atom stereocenters. The van der Waals surface area contributed by atoms with Gasteiger partial charge in [0.05, 0.1) is 0 Å². The summed E-state index contributed by atoms with van der Waals surface area (Å²) in [5.41, 5.74) is 8.59. The van der Waals surface area contributed by atoms with Crippen molar-refractivity contribution >= 4 is 11.8 Å². The highest BCUT2D eigenvalue weighted by atomic mass is 16.2. The summed E-state index contributed by atoms with van der Waals surface area (Å²) in [6, 6.07) is 7.67. The van der Waals surface area contributed by atoms with E-state index in [1.807, 2.05) is 0 Å². The van der Waals surface area contributed by atoms with Crippen molar-refractivity contribution in [2.24, 2.45) is 0 Å². The first-order valence-corrected chi connectivity index (χ1v) is 8.29. The van der Waals surface area contributed by atoms with E-state index in [4.69, 9.17) is 0 Å². The molecular weight excluding hydrogens is 292 g/mol. The summed E-state index contributed by atoms with van der Waals surface area (Å²) in [7, 11) is 0. The third kappa shape index (κ3) is 3.89. The second-order valence-electron chi connectivity index (χ2n) is 6.39. The lowest BCUT2D eigenvalue weighted by molar-refractivity contribution is -0.129. The zero-order valence-corrected chi connectivity index (χ0v) is 13.4. The molecule has 1 aromatic carbocycles. The maximum absolute atomic E-state index is 12.4. The number of nitrogens with one attached hydrogen (secondary N) is 4. The maximum Gasteiger partial charge on any atom is 0.242 e. The Morgan fingerprint density at radius 2 is 1.96 bits per heavy atom. The number of hydrazine groups is 1. The van der Waals surface area contributed by atoms with Crippen molar-refractivity contribution < 1.29 is 9.59 Å². The molecule has 2 fully saturated rings. The highest BCUT2D eigenvalue weighted by Gasteiger charge is 2.32. The average Bonchev–Trinajstić information content (AvgIpc) is 2.95. The predicted molar refractivity (Wildman–Crippen MR) is 87.4 cm³/mol. The van der Waals surface area contributed by atoms with E-state index in [0.29, 0.717) is 19.4 Å². The second-order valence-corrected chi connectivity index (χ2v) is 6.39. The normalized spacial score (nSPS) is 28.0. The molecule has 3 unspecified atom stereocenters. The van der Waals surface area contributed by atoms with Gasteiger partial charge in [-0.3, -0.25) is 9.59 Å². The number of amides is 2. The molecule has 124 valence electrons. The molecule has 2 aliphatic heterocycles. The van der Waals surface area contributed by atoms with Gasteiger partial charge >= 0.3 is 0 Å². The fraction of sp³-hybridized carbons (Fsp3) is 0.529. The van der Waals surface area contributed by atoms with Gasteiger partial charge in [-0.2, -0.15) is 0 Å². The first kappa shape index (κ1) is 16.0. The molecule has 23 heavy (non-hydrogen) atoms. The molecule has 2 saturated heterocycles. The van der Waals surface area contributed by atoms with Crippen LogP contribution in [0.2, 0.25) is 0 Å². The van der Waals surface area contributed by atoms with E-state index in [1.165, 1.54) is 5.56 Å². The molecule has 2 amide bonds. The monoisotopic (exact) mass is 316 g/mol. The lowest BCUT2D eigenvalue weighted by Crippen LogP contribution is -2.51. The summed E-state index contributed by atoms with van der Waals surface area (Å²) < 4.78 is 0. The van der Waals surface area contributed by atoms with E-state index in [1.54, 1.807) is 0 Å². The van der Waals surface area contributed by atoms with Crippen LogP contribution in [0.3, 0.4) is 0 Å². The summed E-state index contributed by atoms with van der Waals surface area (Å²) in [4.78, 5) is 24.3. The van der Waals surface area contributed by atoms with E-state index in [0.717, 1.165) is 18.4 Å². The third-order valence-corrected chi connectivity index (χ3v) is 4.55. The van der Waals surface area contributed by atoms with Crippen molar-refractivity contribution in [1.82, 2.24) is 21.5 Å². The molecule has 0 spiro atoms. The molecular formula is C17H24N4O2. The summed E-state index contributed by atoms with van der Waals surface area (Å²) in [5, 5.41) is 5.72. The van der Waals surface area contributed by atoms with Gasteiger partial charge < -0.3 is 10.6 Å². The van der Waals surface area contributed by atoms with Crippen LogP contribution in [0.15, 0.2) is 24.3 Å². The fourth-order valence-electron chi connectivity index (χ4n) is 3.09. The Morgan fingerprint density at radius 3 is 2.74 bits per heavy atom. The van der Waals surface area contributed by atoms with Gasteiger partial charge in [-0.25, -0.2) is 10.9 Å². The molecule has 6 nitrogen and oxygen atoms in total. The minimum Gasteiger partial charge on any atom is -0.354 e. The van der Waals surface area contributed by atoms with Gasteiger partial charge in [-0.1, -0.05) is 29.8 Å². The van der Waals surface area contributed by atoms with E-state index in [-0.39, 0.29) is 23.9 Å². The number of benzene rings is 1. The summed E-state index contributed by atoms with van der Waals surface area (Å²) in [5.74, 6) is -0.189. The standard InChI is InChI=1S/C17H24N4O2/c1-11-5-7-12(8-6-11)14-10-15(21-20-14)17(23)19-13-4-2-3-9-18-16(13)22/h5-8,13-15,20-21H,2-4,9-10H2,1H3,(H,18,22)(H,19,23). The molecule has 0 aliphatic carbocycles. The smallest absolute Gasteiger partial charge is 0.242 e. The van der Waals surface area contributed by atoms with Crippen molar-refractivity contribution in [1.29, 1.82) is 0 Å². The van der Waals surface area contributed by atoms with E-state index >= 15 is 0 Å². The van der Waals surface area contributed by atoms with Crippen LogP contribution in [-0.4, -0.2) is 30.4 Å². The largest absolute Gasteiger partial charge is 0.354 e. The van der Waals surface area contributed by atoms with Crippen molar-refractivity contribution in [3.8, 4) is 0 Å². The number of carbonyl (C=O) groups excluding carboxylic acids is 2. The first-order chi connectivity index (χ1) is 11.1. The van der Waals surface area contributed by atoms with Crippen LogP contribution < -0.4 is 21.5 Å². The Bertz CT molecular complexity index is 572. The quantitative estimate of drug-likeness (QED) is 0.661. The van der Waals surface area contributed by atoms with Gasteiger partial charge in [0.1, 0.15) is 12.1 Å². The molecule has 0 bridgehead atoms. The van der Waals surface area contributed by atoms with Crippen molar-refractivity contribution in [2.45, 2.75) is 50.7 Å². The van der Waals surface area contributed by atoms with Crippen molar-refractivity contribution in [3.05, 3.63) is 35.4 Å². The average molecular weight is 316 g/mol. The topological polar surface area (TPSA) is 82.3 Å². The summed E-state index contributed by atoms with van der Waals surface area (Å²) >= 11 is 0. The fourth-order valence-corrected chi connectivity index (χ4v) is 3.09. The molecule has 4 N–H and O–H groups in total. The van der Waals surface area contributed by atoms with Crippen LogP contribution in [0, 0.1) is 6.92 Å². The van der Waals surface area contributed by atoms with E-state index < -0.39 is 6.04 Å². The number of rotatable bonds is 3. The first-order valence-electron chi connectivity index (χ1n) is 8.29. The van der Waals surface area contributed by atoms with Gasteiger partial charge in [0.2, 0.25) is 11.8 Å². The van der Waals surface area contributed by atoms with Gasteiger partial charge in [0.25, 0.3) is 0 Å². The summed E-state index contributed by atoms with van der Waals surface area (Å²) in [6.07, 6.45) is 3.30. The van der Waals surface area contributed by atoms with Crippen LogP contribution in [0.25, 0.3) is 0 Å². The molecule has 2 heterocycles. The Kier molecular flexibility index (Phi) is 4.93. The zero-order chi connectivity index (χ0) is 16.2. The predicted octanol–water partition coefficient (Wildman–Crippen LogP) is 0.688. The molecule has 3 rings (SSSR count). The Hall–Kier alpha value is -1.92. The molecule has 0 aromatic heterocycles. The number of carbonyl (C=O) groups is 2. The van der Waals surface area contributed by atoms with Gasteiger partial charge in [-0.05, 0) is 38.2 Å². The highest BCUT2D eigenvalue weighted by Crippen LogP contribution is 2.22. The summed E-state index contributed by atoms with van der Waals surface area (Å²) in [6.45, 7) is 2.75. The number of hydrogen-bond donors (Lipinski definition) is 4. The second kappa shape index (κ2) is 7.10. The Labute approximate surface area is 136 Å². The van der Waals surface area contributed by atoms with Crippen LogP contribution in [0.1, 0.15) is 42.9 Å². The zero-order valence-electron chi connectivity index (χ0n) is 13.4. The minimum absolute atomic E-state index is 0.0723. The SMILES string of the molecule is Cc1ccc(C2CC(C(=O)NC3CCCCNC3=O)NN2)cc1. The third-order valence-electron chi connectivity index (χ3n) is 4.55. The minimum atomic E-state index is -0.412. The Balaban J connectivity index is 1.56. The molecule has 0 radical (unpaired) electrons. The van der Waals surface area contributed by atoms with E-state index in [9.17, 15) is 9.59 Å². The molecule has 1 aromatic rings. The van der Waals surface area contributed by atoms with Crippen molar-refractivity contribution in [3.63, 3.8) is 0 Å². The van der Waals surface area contributed by atoms with Crippen LogP contribution in [0.4, 0.5) is 0 Å². The van der Waals surface area contributed by atoms with Crippen LogP contribution in [0.5, 0.6) is 0 Å². The van der Waals surface area contributed by atoms with Crippen LogP contribution >= 0.6 is 0 Å². The van der Waals surface area contributed by atoms with Gasteiger partial charge in [0.15, 0.2) is 0 Å². The number of aryl methyl sites for hydroxylation is 1. The molecule has 0 saturated carbocycles. The van der Waals surface area contributed by atoms with Crippen molar-refractivity contribution in [2.75, 3.05) is 6.54 Å². The highest BCUT2D eigenvalue weighted by molar-refractivity contribution is 5.90. The van der Waals surface area contributed by atoms with Gasteiger partial charge in [-0.15, -0.1) is 0 Å². The van der Waals surface area contributed by atoms with Gasteiger partial charge in [0, 0.05) is 12.6 Å². The lowest BCUT2D eigenvalue weighted by Gasteiger charge is -2.17. The molecule has 6 heteroatoms. The molecule has 2 aliphatic rings. The van der Waals surface area contributed by atoms with Crippen LogP contribution in [-0.2, 0) is 9.59 Å². The Morgan fingerprint density at radius 1 is 1.17 bits per heavy atom. The maximum atomic E-state index is 12.4. The lowest BCUT2D eigenvalue weighted by atomic mass is 10.0. The van der Waals surface area contributed by atoms with E-state index in [2.05, 4.69) is 52.7 Å². The number of hydrogen-bond acceptors (Lipinski definition) is 4.